The fraction of sp³-hybridized carbons (Fsp3) is 0.188. The number of hydrogen-bond acceptors (Lipinski definition) is 5. The number of urea groups is 1. The predicted molar refractivity (Wildman–Crippen MR) is 104 cm³/mol. The number of aryl methyl sites for hydroxylation is 1. The van der Waals surface area contributed by atoms with Crippen LogP contribution in [0.3, 0.4) is 0 Å². The first-order valence-electron chi connectivity index (χ1n) is 7.74. The molecule has 2 aromatic carbocycles. The molecular formula is C16H17BrN4O5S. The number of benzene rings is 2. The number of non-ortho nitro benzene ring substituents is 1. The van der Waals surface area contributed by atoms with Crippen LogP contribution < -0.4 is 15.4 Å². The van der Waals surface area contributed by atoms with Crippen molar-refractivity contribution in [1.82, 2.24) is 10.0 Å². The second-order valence-electron chi connectivity index (χ2n) is 5.52. The molecule has 0 aliphatic carbocycles. The number of amides is 2. The molecule has 144 valence electrons. The zero-order valence-electron chi connectivity index (χ0n) is 14.2. The SMILES string of the molecule is Cc1ccc(NC(=O)NCCNS(=O)(=O)c2cccc([N+](=O)[O-])c2)c(Br)c1. The Balaban J connectivity index is 1.85. The smallest absolute Gasteiger partial charge is 0.319 e. The number of nitrogens with zero attached hydrogens (tertiary/aromatic N) is 1. The van der Waals surface area contributed by atoms with Gasteiger partial charge in [-0.2, -0.15) is 0 Å². The highest BCUT2D eigenvalue weighted by Gasteiger charge is 2.17. The second kappa shape index (κ2) is 8.93. The number of halogens is 1. The highest BCUT2D eigenvalue weighted by atomic mass is 79.9. The molecule has 0 saturated carbocycles. The maximum atomic E-state index is 12.2. The van der Waals surface area contributed by atoms with Crippen LogP contribution in [0.1, 0.15) is 5.56 Å². The zero-order chi connectivity index (χ0) is 20.0. The molecule has 27 heavy (non-hydrogen) atoms. The Kier molecular flexibility index (Phi) is 6.88. The van der Waals surface area contributed by atoms with E-state index in [1.165, 1.54) is 18.2 Å². The normalized spacial score (nSPS) is 11.0. The molecule has 2 rings (SSSR count). The third-order valence-corrected chi connectivity index (χ3v) is 5.53. The number of sulfonamides is 1. The quantitative estimate of drug-likeness (QED) is 0.334. The van der Waals surface area contributed by atoms with Gasteiger partial charge in [0.15, 0.2) is 0 Å². The maximum absolute atomic E-state index is 12.2. The second-order valence-corrected chi connectivity index (χ2v) is 8.14. The summed E-state index contributed by atoms with van der Waals surface area (Å²) in [4.78, 5) is 21.7. The average Bonchev–Trinajstić information content (AvgIpc) is 2.61. The number of rotatable bonds is 7. The summed E-state index contributed by atoms with van der Waals surface area (Å²) in [7, 11) is -3.92. The minimum absolute atomic E-state index is 0.0312. The van der Waals surface area contributed by atoms with Gasteiger partial charge in [0.25, 0.3) is 5.69 Å². The highest BCUT2D eigenvalue weighted by Crippen LogP contribution is 2.23. The van der Waals surface area contributed by atoms with Crippen molar-refractivity contribution in [2.45, 2.75) is 11.8 Å². The van der Waals surface area contributed by atoms with Crippen molar-refractivity contribution in [1.29, 1.82) is 0 Å². The third kappa shape index (κ3) is 6.01. The number of anilines is 1. The van der Waals surface area contributed by atoms with Crippen molar-refractivity contribution in [3.63, 3.8) is 0 Å². The fourth-order valence-electron chi connectivity index (χ4n) is 2.10. The van der Waals surface area contributed by atoms with Gasteiger partial charge in [0, 0.05) is 29.7 Å². The lowest BCUT2D eigenvalue weighted by molar-refractivity contribution is -0.385. The number of nitro groups is 1. The van der Waals surface area contributed by atoms with Crippen LogP contribution in [-0.2, 0) is 10.0 Å². The number of hydrogen-bond donors (Lipinski definition) is 3. The van der Waals surface area contributed by atoms with Gasteiger partial charge < -0.3 is 10.6 Å². The molecular weight excluding hydrogens is 440 g/mol. The summed E-state index contributed by atoms with van der Waals surface area (Å²) >= 11 is 3.34. The summed E-state index contributed by atoms with van der Waals surface area (Å²) in [6.45, 7) is 1.87. The number of carbonyl (C=O) groups is 1. The molecule has 2 aromatic rings. The molecule has 0 spiro atoms. The van der Waals surface area contributed by atoms with E-state index in [-0.39, 0.29) is 23.7 Å². The van der Waals surface area contributed by atoms with E-state index in [9.17, 15) is 23.3 Å². The van der Waals surface area contributed by atoms with E-state index in [4.69, 9.17) is 0 Å². The van der Waals surface area contributed by atoms with Gasteiger partial charge in [-0.3, -0.25) is 10.1 Å². The fourth-order valence-corrected chi connectivity index (χ4v) is 3.76. The summed E-state index contributed by atoms with van der Waals surface area (Å²) in [5.74, 6) is 0. The van der Waals surface area contributed by atoms with E-state index in [2.05, 4.69) is 31.3 Å². The molecule has 0 aliphatic rings. The van der Waals surface area contributed by atoms with Crippen LogP contribution >= 0.6 is 15.9 Å². The van der Waals surface area contributed by atoms with Crippen molar-refractivity contribution in [3.8, 4) is 0 Å². The lowest BCUT2D eigenvalue weighted by Crippen LogP contribution is -2.36. The van der Waals surface area contributed by atoms with Gasteiger partial charge in [-0.1, -0.05) is 12.1 Å². The molecule has 0 unspecified atom stereocenters. The van der Waals surface area contributed by atoms with Gasteiger partial charge in [-0.05, 0) is 46.6 Å². The molecule has 0 atom stereocenters. The first-order chi connectivity index (χ1) is 12.7. The van der Waals surface area contributed by atoms with Gasteiger partial charge in [0.1, 0.15) is 0 Å². The molecule has 9 nitrogen and oxygen atoms in total. The van der Waals surface area contributed by atoms with Crippen molar-refractivity contribution >= 4 is 43.4 Å². The Hall–Kier alpha value is -2.50. The first kappa shape index (κ1) is 20.8. The van der Waals surface area contributed by atoms with Crippen molar-refractivity contribution in [2.24, 2.45) is 0 Å². The lowest BCUT2D eigenvalue weighted by atomic mass is 10.2. The molecule has 3 N–H and O–H groups in total. The minimum Gasteiger partial charge on any atom is -0.337 e. The van der Waals surface area contributed by atoms with Crippen molar-refractivity contribution < 1.29 is 18.1 Å². The van der Waals surface area contributed by atoms with E-state index >= 15 is 0 Å². The van der Waals surface area contributed by atoms with Crippen LogP contribution in [0.5, 0.6) is 0 Å². The monoisotopic (exact) mass is 456 g/mol. The van der Waals surface area contributed by atoms with Crippen LogP contribution in [0.2, 0.25) is 0 Å². The van der Waals surface area contributed by atoms with Gasteiger partial charge in [-0.25, -0.2) is 17.9 Å². The van der Waals surface area contributed by atoms with Crippen LogP contribution in [-0.4, -0.2) is 32.5 Å². The van der Waals surface area contributed by atoms with Crippen LogP contribution in [0.15, 0.2) is 51.8 Å². The molecule has 0 heterocycles. The Labute approximate surface area is 164 Å². The Morgan fingerprint density at radius 2 is 1.93 bits per heavy atom. The molecule has 0 aromatic heterocycles. The molecule has 0 saturated heterocycles. The standard InChI is InChI=1S/C16H17BrN4O5S/c1-11-5-6-15(14(17)9-11)20-16(22)18-7-8-19-27(25,26)13-4-2-3-12(10-13)21(23)24/h2-6,9-10,19H,7-8H2,1H3,(H2,18,20,22). The molecule has 0 bridgehead atoms. The summed E-state index contributed by atoms with van der Waals surface area (Å²) < 4.78 is 27.3. The summed E-state index contributed by atoms with van der Waals surface area (Å²) in [5, 5.41) is 15.9. The van der Waals surface area contributed by atoms with Gasteiger partial charge >= 0.3 is 6.03 Å². The van der Waals surface area contributed by atoms with Crippen molar-refractivity contribution in [3.05, 3.63) is 62.6 Å². The van der Waals surface area contributed by atoms with Crippen LogP contribution in [0.4, 0.5) is 16.2 Å². The lowest BCUT2D eigenvalue weighted by Gasteiger charge is -2.10. The van der Waals surface area contributed by atoms with Crippen molar-refractivity contribution in [2.75, 3.05) is 18.4 Å². The Bertz CT molecular complexity index is 965. The summed E-state index contributed by atoms with van der Waals surface area (Å²) in [6, 6.07) is 9.66. The molecule has 2 amide bonds. The average molecular weight is 457 g/mol. The van der Waals surface area contributed by atoms with Gasteiger partial charge in [-0.15, -0.1) is 0 Å². The van der Waals surface area contributed by atoms with Gasteiger partial charge in [0.05, 0.1) is 15.5 Å². The summed E-state index contributed by atoms with van der Waals surface area (Å²) in [5.41, 5.74) is 1.29. The largest absolute Gasteiger partial charge is 0.337 e. The molecule has 11 heteroatoms. The Morgan fingerprint density at radius 3 is 2.59 bits per heavy atom. The van der Waals surface area contributed by atoms with E-state index < -0.39 is 21.0 Å². The molecule has 0 aliphatic heterocycles. The number of nitrogens with one attached hydrogen (secondary N) is 3. The first-order valence-corrected chi connectivity index (χ1v) is 10.0. The van der Waals surface area contributed by atoms with E-state index in [0.717, 1.165) is 16.1 Å². The maximum Gasteiger partial charge on any atom is 0.319 e. The van der Waals surface area contributed by atoms with Gasteiger partial charge in [0.2, 0.25) is 10.0 Å². The molecule has 0 radical (unpaired) electrons. The number of nitro benzene ring substituents is 1. The highest BCUT2D eigenvalue weighted by molar-refractivity contribution is 9.10. The zero-order valence-corrected chi connectivity index (χ0v) is 16.6. The van der Waals surface area contributed by atoms with Crippen LogP contribution in [0.25, 0.3) is 0 Å². The Morgan fingerprint density at radius 1 is 1.19 bits per heavy atom. The van der Waals surface area contributed by atoms with E-state index in [1.807, 2.05) is 19.1 Å². The predicted octanol–water partition coefficient (Wildman–Crippen LogP) is 2.77. The summed E-state index contributed by atoms with van der Waals surface area (Å²) in [6.07, 6.45) is 0. The molecule has 0 fully saturated rings. The topological polar surface area (TPSA) is 130 Å². The third-order valence-electron chi connectivity index (χ3n) is 3.41. The van der Waals surface area contributed by atoms with E-state index in [1.54, 1.807) is 6.07 Å². The minimum atomic E-state index is -3.92. The van der Waals surface area contributed by atoms with Crippen LogP contribution in [0, 0.1) is 17.0 Å². The number of carbonyl (C=O) groups excluding carboxylic acids is 1. The van der Waals surface area contributed by atoms with E-state index in [0.29, 0.717) is 5.69 Å².